The predicted molar refractivity (Wildman–Crippen MR) is 66.4 cm³/mol. The number of rotatable bonds is 6. The standard InChI is InChI=1S/C14H21NO/c1-11(12-6-4-3-5-7-12)15-14(10-16-2)13-8-9-13/h3-7,11,13-15H,8-10H2,1-2H3/t11-,14+/m0/s1. The Labute approximate surface area is 98.0 Å². The Hall–Kier alpha value is -0.860. The molecule has 0 saturated heterocycles. The van der Waals surface area contributed by atoms with Crippen LogP contribution in [-0.2, 0) is 4.74 Å². The number of hydrogen-bond donors (Lipinski definition) is 1. The SMILES string of the molecule is COC[C@@H](N[C@@H](C)c1ccccc1)C1CC1. The van der Waals surface area contributed by atoms with Gasteiger partial charge in [-0.05, 0) is 31.2 Å². The Morgan fingerprint density at radius 3 is 2.56 bits per heavy atom. The summed E-state index contributed by atoms with van der Waals surface area (Å²) >= 11 is 0. The molecule has 88 valence electrons. The predicted octanol–water partition coefficient (Wildman–Crippen LogP) is 2.76. The van der Waals surface area contributed by atoms with Crippen molar-refractivity contribution in [2.75, 3.05) is 13.7 Å². The van der Waals surface area contributed by atoms with Crippen LogP contribution in [0.1, 0.15) is 31.4 Å². The highest BCUT2D eigenvalue weighted by atomic mass is 16.5. The van der Waals surface area contributed by atoms with Crippen molar-refractivity contribution in [2.45, 2.75) is 31.8 Å². The van der Waals surface area contributed by atoms with E-state index in [1.54, 1.807) is 7.11 Å². The van der Waals surface area contributed by atoms with Crippen LogP contribution in [0.2, 0.25) is 0 Å². The topological polar surface area (TPSA) is 21.3 Å². The minimum Gasteiger partial charge on any atom is -0.383 e. The maximum Gasteiger partial charge on any atom is 0.0618 e. The van der Waals surface area contributed by atoms with Crippen LogP contribution < -0.4 is 5.32 Å². The van der Waals surface area contributed by atoms with E-state index in [1.165, 1.54) is 18.4 Å². The molecule has 1 aromatic carbocycles. The summed E-state index contributed by atoms with van der Waals surface area (Å²) in [7, 11) is 1.78. The maximum absolute atomic E-state index is 5.28. The van der Waals surface area contributed by atoms with Crippen LogP contribution in [0.25, 0.3) is 0 Å². The zero-order valence-electron chi connectivity index (χ0n) is 10.1. The summed E-state index contributed by atoms with van der Waals surface area (Å²) in [5.74, 6) is 0.825. The molecule has 2 heteroatoms. The molecule has 1 aromatic rings. The Kier molecular flexibility index (Phi) is 3.97. The Morgan fingerprint density at radius 2 is 2.00 bits per heavy atom. The molecule has 2 nitrogen and oxygen atoms in total. The van der Waals surface area contributed by atoms with Crippen molar-refractivity contribution in [3.05, 3.63) is 35.9 Å². The van der Waals surface area contributed by atoms with E-state index in [0.717, 1.165) is 12.5 Å². The van der Waals surface area contributed by atoms with E-state index in [-0.39, 0.29) is 0 Å². The molecular weight excluding hydrogens is 198 g/mol. The van der Waals surface area contributed by atoms with Crippen molar-refractivity contribution in [2.24, 2.45) is 5.92 Å². The van der Waals surface area contributed by atoms with Gasteiger partial charge in [0.25, 0.3) is 0 Å². The summed E-state index contributed by atoms with van der Waals surface area (Å²) < 4.78 is 5.28. The third-order valence-electron chi connectivity index (χ3n) is 3.30. The number of ether oxygens (including phenoxy) is 1. The summed E-state index contributed by atoms with van der Waals surface area (Å²) in [5, 5.41) is 3.67. The highest BCUT2D eigenvalue weighted by Gasteiger charge is 2.31. The molecule has 1 N–H and O–H groups in total. The molecule has 2 atom stereocenters. The van der Waals surface area contributed by atoms with Gasteiger partial charge >= 0.3 is 0 Å². The van der Waals surface area contributed by atoms with Gasteiger partial charge in [-0.2, -0.15) is 0 Å². The van der Waals surface area contributed by atoms with E-state index >= 15 is 0 Å². The van der Waals surface area contributed by atoms with Gasteiger partial charge < -0.3 is 10.1 Å². The Morgan fingerprint density at radius 1 is 1.31 bits per heavy atom. The maximum atomic E-state index is 5.28. The van der Waals surface area contributed by atoms with Gasteiger partial charge in [0.15, 0.2) is 0 Å². The molecule has 0 unspecified atom stereocenters. The summed E-state index contributed by atoms with van der Waals surface area (Å²) in [4.78, 5) is 0. The first-order chi connectivity index (χ1) is 7.81. The average Bonchev–Trinajstić information content (AvgIpc) is 3.13. The van der Waals surface area contributed by atoms with E-state index in [0.29, 0.717) is 12.1 Å². The van der Waals surface area contributed by atoms with Gasteiger partial charge in [0.1, 0.15) is 0 Å². The van der Waals surface area contributed by atoms with Crippen molar-refractivity contribution in [1.29, 1.82) is 0 Å². The number of hydrogen-bond acceptors (Lipinski definition) is 2. The van der Waals surface area contributed by atoms with Gasteiger partial charge in [0.05, 0.1) is 6.61 Å². The fourth-order valence-electron chi connectivity index (χ4n) is 2.16. The smallest absolute Gasteiger partial charge is 0.0618 e. The minimum atomic E-state index is 0.405. The first-order valence-electron chi connectivity index (χ1n) is 6.11. The van der Waals surface area contributed by atoms with Crippen LogP contribution >= 0.6 is 0 Å². The van der Waals surface area contributed by atoms with Gasteiger partial charge in [-0.1, -0.05) is 30.3 Å². The minimum absolute atomic E-state index is 0.405. The van der Waals surface area contributed by atoms with Gasteiger partial charge in [0, 0.05) is 19.2 Å². The zero-order chi connectivity index (χ0) is 11.4. The second-order valence-corrected chi connectivity index (χ2v) is 4.70. The molecule has 0 bridgehead atoms. The molecule has 16 heavy (non-hydrogen) atoms. The first kappa shape index (κ1) is 11.6. The van der Waals surface area contributed by atoms with Crippen LogP contribution in [0.3, 0.4) is 0 Å². The molecule has 0 aromatic heterocycles. The number of nitrogens with one attached hydrogen (secondary N) is 1. The highest BCUT2D eigenvalue weighted by Crippen LogP contribution is 2.33. The summed E-state index contributed by atoms with van der Waals surface area (Å²) in [6, 6.07) is 11.5. The molecule has 0 amide bonds. The molecule has 2 rings (SSSR count). The van der Waals surface area contributed by atoms with Crippen LogP contribution in [0.5, 0.6) is 0 Å². The Balaban J connectivity index is 1.92. The lowest BCUT2D eigenvalue weighted by Crippen LogP contribution is -2.36. The fourth-order valence-corrected chi connectivity index (χ4v) is 2.16. The third kappa shape index (κ3) is 3.06. The second-order valence-electron chi connectivity index (χ2n) is 4.70. The first-order valence-corrected chi connectivity index (χ1v) is 6.11. The molecule has 0 radical (unpaired) electrons. The van der Waals surface area contributed by atoms with E-state index in [9.17, 15) is 0 Å². The van der Waals surface area contributed by atoms with Gasteiger partial charge in [-0.15, -0.1) is 0 Å². The lowest BCUT2D eigenvalue weighted by Gasteiger charge is -2.23. The normalized spacial score (nSPS) is 19.4. The molecule has 1 fully saturated rings. The molecule has 0 spiro atoms. The largest absolute Gasteiger partial charge is 0.383 e. The summed E-state index contributed by atoms with van der Waals surface area (Å²) in [6.45, 7) is 3.04. The zero-order valence-corrected chi connectivity index (χ0v) is 10.1. The lowest BCUT2D eigenvalue weighted by atomic mass is 10.1. The highest BCUT2D eigenvalue weighted by molar-refractivity contribution is 5.18. The van der Waals surface area contributed by atoms with Gasteiger partial charge in [-0.25, -0.2) is 0 Å². The molecule has 0 aliphatic heterocycles. The van der Waals surface area contributed by atoms with Crippen LogP contribution in [-0.4, -0.2) is 19.8 Å². The quantitative estimate of drug-likeness (QED) is 0.794. The van der Waals surface area contributed by atoms with Crippen LogP contribution in [0.15, 0.2) is 30.3 Å². The molecule has 1 aliphatic rings. The summed E-state index contributed by atoms with van der Waals surface area (Å²) in [6.07, 6.45) is 2.70. The summed E-state index contributed by atoms with van der Waals surface area (Å²) in [5.41, 5.74) is 1.35. The van der Waals surface area contributed by atoms with E-state index in [2.05, 4.69) is 42.6 Å². The van der Waals surface area contributed by atoms with Crippen molar-refractivity contribution in [3.63, 3.8) is 0 Å². The van der Waals surface area contributed by atoms with Crippen molar-refractivity contribution in [3.8, 4) is 0 Å². The average molecular weight is 219 g/mol. The van der Waals surface area contributed by atoms with Crippen LogP contribution in [0, 0.1) is 5.92 Å². The fraction of sp³-hybridized carbons (Fsp3) is 0.571. The van der Waals surface area contributed by atoms with Gasteiger partial charge in [0.2, 0.25) is 0 Å². The third-order valence-corrected chi connectivity index (χ3v) is 3.30. The van der Waals surface area contributed by atoms with Gasteiger partial charge in [-0.3, -0.25) is 0 Å². The van der Waals surface area contributed by atoms with E-state index in [4.69, 9.17) is 4.74 Å². The second kappa shape index (κ2) is 5.46. The van der Waals surface area contributed by atoms with Crippen molar-refractivity contribution < 1.29 is 4.74 Å². The van der Waals surface area contributed by atoms with E-state index in [1.807, 2.05) is 0 Å². The Bertz CT molecular complexity index is 308. The molecule has 0 heterocycles. The molecule has 1 saturated carbocycles. The molecular formula is C14H21NO. The van der Waals surface area contributed by atoms with Crippen LogP contribution in [0.4, 0.5) is 0 Å². The monoisotopic (exact) mass is 219 g/mol. The van der Waals surface area contributed by atoms with Crippen molar-refractivity contribution >= 4 is 0 Å². The lowest BCUT2D eigenvalue weighted by molar-refractivity contribution is 0.152. The molecule has 1 aliphatic carbocycles. The number of methoxy groups -OCH3 is 1. The van der Waals surface area contributed by atoms with Crippen molar-refractivity contribution in [1.82, 2.24) is 5.32 Å². The number of benzene rings is 1. The van der Waals surface area contributed by atoms with E-state index < -0.39 is 0 Å².